The van der Waals surface area contributed by atoms with Crippen LogP contribution in [-0.4, -0.2) is 64.3 Å². The molecule has 1 fully saturated rings. The highest BCUT2D eigenvalue weighted by atomic mass is 16.7. The monoisotopic (exact) mass is 316 g/mol. The van der Waals surface area contributed by atoms with Crippen molar-refractivity contribution in [2.24, 2.45) is 0 Å². The lowest BCUT2D eigenvalue weighted by molar-refractivity contribution is -0.298. The maximum Gasteiger partial charge on any atom is 0.187 e. The topological polar surface area (TPSA) is 99.4 Å². The van der Waals surface area contributed by atoms with Crippen LogP contribution in [0.3, 0.4) is 0 Å². The predicted octanol–water partition coefficient (Wildman–Crippen LogP) is 0.496. The number of aliphatic hydroxyl groups excluding tert-OH is 4. The zero-order valence-corrected chi connectivity index (χ0v) is 13.5. The summed E-state index contributed by atoms with van der Waals surface area (Å²) in [6.07, 6.45) is -0.190. The van der Waals surface area contributed by atoms with E-state index in [1.807, 2.05) is 13.0 Å². The lowest BCUT2D eigenvalue weighted by atomic mass is 9.99. The van der Waals surface area contributed by atoms with Gasteiger partial charge in [-0.3, -0.25) is 0 Å². The van der Waals surface area contributed by atoms with Crippen molar-refractivity contribution in [2.75, 3.05) is 13.2 Å². The fraction of sp³-hybridized carbons (Fsp3) is 0.750. The van der Waals surface area contributed by atoms with Crippen molar-refractivity contribution in [3.63, 3.8) is 0 Å². The maximum atomic E-state index is 9.82. The summed E-state index contributed by atoms with van der Waals surface area (Å²) in [6.45, 7) is 5.88. The Bertz CT molecular complexity index is 386. The highest BCUT2D eigenvalue weighted by molar-refractivity contribution is 5.02. The molecular weight excluding hydrogens is 288 g/mol. The van der Waals surface area contributed by atoms with Crippen LogP contribution in [-0.2, 0) is 9.47 Å². The van der Waals surface area contributed by atoms with E-state index in [0.29, 0.717) is 0 Å². The number of allylic oxidation sites excluding steroid dienone is 3. The summed E-state index contributed by atoms with van der Waals surface area (Å²) < 4.78 is 10.7. The molecule has 5 atom stereocenters. The highest BCUT2D eigenvalue weighted by Gasteiger charge is 2.43. The van der Waals surface area contributed by atoms with Crippen molar-refractivity contribution in [2.45, 2.75) is 64.3 Å². The predicted molar refractivity (Wildman–Crippen MR) is 82.1 cm³/mol. The van der Waals surface area contributed by atoms with Gasteiger partial charge >= 0.3 is 0 Å². The highest BCUT2D eigenvalue weighted by Crippen LogP contribution is 2.22. The molecule has 6 nitrogen and oxygen atoms in total. The van der Waals surface area contributed by atoms with Crippen molar-refractivity contribution in [1.29, 1.82) is 0 Å². The third-order valence-electron chi connectivity index (χ3n) is 3.63. The molecule has 0 amide bonds. The van der Waals surface area contributed by atoms with Gasteiger partial charge in [-0.2, -0.15) is 0 Å². The van der Waals surface area contributed by atoms with E-state index in [-0.39, 0.29) is 6.61 Å². The van der Waals surface area contributed by atoms with E-state index in [0.717, 1.165) is 18.4 Å². The lowest BCUT2D eigenvalue weighted by Crippen LogP contribution is -2.59. The number of hydrogen-bond donors (Lipinski definition) is 4. The van der Waals surface area contributed by atoms with E-state index in [1.165, 1.54) is 5.57 Å². The Balaban J connectivity index is 2.44. The van der Waals surface area contributed by atoms with Crippen LogP contribution in [0.2, 0.25) is 0 Å². The smallest absolute Gasteiger partial charge is 0.187 e. The summed E-state index contributed by atoms with van der Waals surface area (Å²) in [4.78, 5) is 0. The molecule has 0 aromatic heterocycles. The van der Waals surface area contributed by atoms with Crippen LogP contribution in [0.1, 0.15) is 33.6 Å². The van der Waals surface area contributed by atoms with Crippen LogP contribution in [0.4, 0.5) is 0 Å². The van der Waals surface area contributed by atoms with Crippen molar-refractivity contribution in [1.82, 2.24) is 0 Å². The van der Waals surface area contributed by atoms with Crippen molar-refractivity contribution in [3.05, 3.63) is 23.3 Å². The average molecular weight is 316 g/mol. The first kappa shape index (κ1) is 19.3. The first-order chi connectivity index (χ1) is 10.4. The van der Waals surface area contributed by atoms with E-state index in [4.69, 9.17) is 14.6 Å². The van der Waals surface area contributed by atoms with Crippen LogP contribution in [0.25, 0.3) is 0 Å². The Morgan fingerprint density at radius 1 is 1.05 bits per heavy atom. The summed E-state index contributed by atoms with van der Waals surface area (Å²) in [5.74, 6) is 0. The SMILES string of the molecule is CC(C)=CCC/C(C)=C/CO[C@@H]1O[C@H](CO)[C@@H](O)[C@H](O)[C@H]1O. The molecule has 0 aliphatic carbocycles. The molecule has 0 aromatic rings. The fourth-order valence-electron chi connectivity index (χ4n) is 2.18. The second kappa shape index (κ2) is 9.39. The lowest BCUT2D eigenvalue weighted by Gasteiger charge is -2.39. The molecule has 1 aliphatic rings. The molecule has 0 spiro atoms. The van der Waals surface area contributed by atoms with Crippen LogP contribution in [0.5, 0.6) is 0 Å². The van der Waals surface area contributed by atoms with E-state index in [1.54, 1.807) is 0 Å². The fourth-order valence-corrected chi connectivity index (χ4v) is 2.18. The van der Waals surface area contributed by atoms with Gasteiger partial charge in [0.05, 0.1) is 13.2 Å². The van der Waals surface area contributed by atoms with E-state index in [2.05, 4.69) is 19.9 Å². The molecule has 0 radical (unpaired) electrons. The van der Waals surface area contributed by atoms with Gasteiger partial charge in [0.15, 0.2) is 6.29 Å². The summed E-state index contributed by atoms with van der Waals surface area (Å²) >= 11 is 0. The zero-order valence-electron chi connectivity index (χ0n) is 13.5. The minimum atomic E-state index is -1.40. The molecule has 1 heterocycles. The summed E-state index contributed by atoms with van der Waals surface area (Å²) in [5.41, 5.74) is 2.44. The molecule has 0 bridgehead atoms. The quantitative estimate of drug-likeness (QED) is 0.510. The summed E-state index contributed by atoms with van der Waals surface area (Å²) in [6, 6.07) is 0. The number of hydrogen-bond acceptors (Lipinski definition) is 6. The third kappa shape index (κ3) is 5.79. The molecule has 128 valence electrons. The molecule has 0 saturated carbocycles. The van der Waals surface area contributed by atoms with Crippen molar-refractivity contribution >= 4 is 0 Å². The standard InChI is InChI=1S/C16H28O6/c1-10(2)5-4-6-11(3)7-8-21-16-15(20)14(19)13(18)12(9-17)22-16/h5,7,12-20H,4,6,8-9H2,1-3H3/b11-7+/t12-,13-,14+,15-,16-/m1/s1. The Kier molecular flexibility index (Phi) is 8.24. The Morgan fingerprint density at radius 2 is 1.73 bits per heavy atom. The van der Waals surface area contributed by atoms with E-state index in [9.17, 15) is 15.3 Å². The third-order valence-corrected chi connectivity index (χ3v) is 3.63. The molecule has 6 heteroatoms. The van der Waals surface area contributed by atoms with Gasteiger partial charge in [-0.25, -0.2) is 0 Å². The Morgan fingerprint density at radius 3 is 2.32 bits per heavy atom. The van der Waals surface area contributed by atoms with E-state index >= 15 is 0 Å². The Labute approximate surface area is 131 Å². The second-order valence-corrected chi connectivity index (χ2v) is 5.90. The summed E-state index contributed by atoms with van der Waals surface area (Å²) in [7, 11) is 0. The van der Waals surface area contributed by atoms with Crippen LogP contribution < -0.4 is 0 Å². The number of rotatable bonds is 7. The molecule has 1 saturated heterocycles. The Hall–Kier alpha value is -0.760. The van der Waals surface area contributed by atoms with Gasteiger partial charge in [-0.1, -0.05) is 23.3 Å². The van der Waals surface area contributed by atoms with E-state index < -0.39 is 37.3 Å². The molecule has 1 rings (SSSR count). The molecule has 1 aliphatic heterocycles. The average Bonchev–Trinajstić information content (AvgIpc) is 2.47. The second-order valence-electron chi connectivity index (χ2n) is 5.90. The van der Waals surface area contributed by atoms with Crippen LogP contribution >= 0.6 is 0 Å². The van der Waals surface area contributed by atoms with Gasteiger partial charge in [0.1, 0.15) is 24.4 Å². The van der Waals surface area contributed by atoms with Gasteiger partial charge in [-0.15, -0.1) is 0 Å². The largest absolute Gasteiger partial charge is 0.394 e. The van der Waals surface area contributed by atoms with Crippen molar-refractivity contribution in [3.8, 4) is 0 Å². The minimum absolute atomic E-state index is 0.226. The van der Waals surface area contributed by atoms with Crippen LogP contribution in [0, 0.1) is 0 Å². The maximum absolute atomic E-state index is 9.82. The van der Waals surface area contributed by atoms with Crippen molar-refractivity contribution < 1.29 is 29.9 Å². The van der Waals surface area contributed by atoms with Gasteiger partial charge in [0.2, 0.25) is 0 Å². The van der Waals surface area contributed by atoms with Gasteiger partial charge in [0, 0.05) is 0 Å². The minimum Gasteiger partial charge on any atom is -0.394 e. The number of ether oxygens (including phenoxy) is 2. The molecule has 22 heavy (non-hydrogen) atoms. The molecular formula is C16H28O6. The molecule has 0 aromatic carbocycles. The van der Waals surface area contributed by atoms with Gasteiger partial charge in [0.25, 0.3) is 0 Å². The molecule has 0 unspecified atom stereocenters. The zero-order chi connectivity index (χ0) is 16.7. The molecule has 4 N–H and O–H groups in total. The van der Waals surface area contributed by atoms with Gasteiger partial charge in [-0.05, 0) is 33.6 Å². The first-order valence-electron chi connectivity index (χ1n) is 7.58. The van der Waals surface area contributed by atoms with Crippen LogP contribution in [0.15, 0.2) is 23.3 Å². The van der Waals surface area contributed by atoms with Gasteiger partial charge < -0.3 is 29.9 Å². The first-order valence-corrected chi connectivity index (χ1v) is 7.58. The normalized spacial score (nSPS) is 32.9. The summed E-state index contributed by atoms with van der Waals surface area (Å²) in [5, 5.41) is 38.2. The number of aliphatic hydroxyl groups is 4.